The Hall–Kier alpha value is -4.37. The number of aromatic nitrogens is 3. The Bertz CT molecular complexity index is 1610. The topological polar surface area (TPSA) is 118 Å². The first-order chi connectivity index (χ1) is 19.5. The second-order valence-corrected chi connectivity index (χ2v) is 10.4. The first-order valence-corrected chi connectivity index (χ1v) is 13.4. The van der Waals surface area contributed by atoms with Crippen LogP contribution in [0.15, 0.2) is 58.5 Å². The third-order valence-electron chi connectivity index (χ3n) is 8.05. The van der Waals surface area contributed by atoms with Crippen LogP contribution >= 0.6 is 0 Å². The van der Waals surface area contributed by atoms with E-state index in [0.29, 0.717) is 29.2 Å². The summed E-state index contributed by atoms with van der Waals surface area (Å²) in [6.45, 7) is 5.80. The number of fused-ring (bicyclic) bond motifs is 1. The highest BCUT2D eigenvalue weighted by Gasteiger charge is 2.40. The molecule has 2 aliphatic rings. The average Bonchev–Trinajstić information content (AvgIpc) is 3.32. The summed E-state index contributed by atoms with van der Waals surface area (Å²) in [5.74, 6) is -0.726. The van der Waals surface area contributed by atoms with E-state index in [9.17, 15) is 33.1 Å². The zero-order chi connectivity index (χ0) is 29.5. The van der Waals surface area contributed by atoms with Gasteiger partial charge in [-0.05, 0) is 80.2 Å². The molecule has 2 aromatic carbocycles. The highest BCUT2D eigenvalue weighted by molar-refractivity contribution is 5.92. The van der Waals surface area contributed by atoms with Gasteiger partial charge in [-0.15, -0.1) is 5.10 Å². The van der Waals surface area contributed by atoms with Crippen LogP contribution in [0.4, 0.5) is 24.8 Å². The third kappa shape index (κ3) is 5.25. The van der Waals surface area contributed by atoms with Crippen LogP contribution in [0.5, 0.6) is 0 Å². The summed E-state index contributed by atoms with van der Waals surface area (Å²) < 4.78 is 41.8. The second kappa shape index (κ2) is 10.9. The first-order valence-electron chi connectivity index (χ1n) is 13.4. The minimum Gasteiger partial charge on any atom is -0.478 e. The first kappa shape index (κ1) is 28.2. The molecule has 12 heteroatoms. The predicted octanol–water partition coefficient (Wildman–Crippen LogP) is 5.18. The second-order valence-electron chi connectivity index (χ2n) is 10.4. The van der Waals surface area contributed by atoms with Crippen molar-refractivity contribution in [1.82, 2.24) is 19.7 Å². The third-order valence-corrected chi connectivity index (χ3v) is 8.05. The predicted molar refractivity (Wildman–Crippen MR) is 144 cm³/mol. The minimum absolute atomic E-state index is 0.00798. The molecule has 214 valence electrons. The lowest BCUT2D eigenvalue weighted by molar-refractivity contribution is -0.137. The molecule has 3 heterocycles. The number of piperidine rings is 1. The number of H-pyrrole nitrogens is 1. The molecule has 0 spiro atoms. The molecule has 1 aromatic heterocycles. The van der Waals surface area contributed by atoms with Crippen molar-refractivity contribution >= 4 is 17.6 Å². The Kier molecular flexibility index (Phi) is 7.48. The maximum Gasteiger partial charge on any atom is 0.416 e. The fourth-order valence-corrected chi connectivity index (χ4v) is 5.85. The van der Waals surface area contributed by atoms with Crippen LogP contribution in [0.1, 0.15) is 61.4 Å². The van der Waals surface area contributed by atoms with Crippen molar-refractivity contribution < 1.29 is 23.1 Å². The van der Waals surface area contributed by atoms with E-state index in [2.05, 4.69) is 28.1 Å². The van der Waals surface area contributed by atoms with Gasteiger partial charge >= 0.3 is 17.8 Å². The van der Waals surface area contributed by atoms with Crippen molar-refractivity contribution in [2.45, 2.75) is 51.9 Å². The monoisotopic (exact) mass is 566 g/mol. The highest BCUT2D eigenvalue weighted by Crippen LogP contribution is 2.43. The normalized spacial score (nSPS) is 18.3. The Morgan fingerprint density at radius 3 is 2.56 bits per heavy atom. The number of rotatable bonds is 6. The molecule has 0 amide bonds. The number of benzene rings is 2. The van der Waals surface area contributed by atoms with Crippen molar-refractivity contribution in [3.63, 3.8) is 0 Å². The summed E-state index contributed by atoms with van der Waals surface area (Å²) in [6, 6.07) is 10.3. The number of likely N-dealkylation sites (tertiary alicyclic amines) is 1. The number of hydrogen-bond acceptors (Lipinski definition) is 6. The maximum absolute atomic E-state index is 13.5. The maximum atomic E-state index is 13.5. The van der Waals surface area contributed by atoms with Crippen molar-refractivity contribution in [3.05, 3.63) is 86.5 Å². The fraction of sp³-hybridized carbons (Fsp3) is 0.379. The summed E-state index contributed by atoms with van der Waals surface area (Å²) >= 11 is 0. The van der Waals surface area contributed by atoms with Crippen LogP contribution in [-0.2, 0) is 17.5 Å². The van der Waals surface area contributed by atoms with Gasteiger partial charge in [-0.3, -0.25) is 9.80 Å². The molecule has 3 aromatic rings. The van der Waals surface area contributed by atoms with Crippen LogP contribution in [-0.4, -0.2) is 43.8 Å². The summed E-state index contributed by atoms with van der Waals surface area (Å²) in [7, 11) is 0. The van der Waals surface area contributed by atoms with Crippen LogP contribution in [0.3, 0.4) is 0 Å². The van der Waals surface area contributed by atoms with E-state index in [1.807, 2.05) is 0 Å². The lowest BCUT2D eigenvalue weighted by atomic mass is 9.89. The molecule has 2 aliphatic heterocycles. The van der Waals surface area contributed by atoms with Gasteiger partial charge in [0.05, 0.1) is 22.8 Å². The van der Waals surface area contributed by atoms with Gasteiger partial charge in [0.1, 0.15) is 6.04 Å². The van der Waals surface area contributed by atoms with Crippen LogP contribution in [0.2, 0.25) is 0 Å². The van der Waals surface area contributed by atoms with E-state index in [1.54, 1.807) is 18.2 Å². The molecule has 0 aliphatic carbocycles. The molecule has 9 nitrogen and oxygen atoms in total. The number of anilines is 2. The number of carbonyl (C=O) groups is 1. The summed E-state index contributed by atoms with van der Waals surface area (Å²) in [4.78, 5) is 29.5. The molecular formula is C29H29F3N6O3. The smallest absolute Gasteiger partial charge is 0.416 e. The summed E-state index contributed by atoms with van der Waals surface area (Å²) in [5.41, 5.74) is -0.102. The Balaban J connectivity index is 1.66. The van der Waals surface area contributed by atoms with Crippen LogP contribution in [0, 0.1) is 17.2 Å². The number of carboxylic acid groups (broad SMARTS) is 1. The summed E-state index contributed by atoms with van der Waals surface area (Å²) in [6.07, 6.45) is -1.46. The molecular weight excluding hydrogens is 537 g/mol. The number of aliphatic carboxylic acids is 1. The van der Waals surface area contributed by atoms with Gasteiger partial charge in [0.15, 0.2) is 0 Å². The number of aromatic amines is 1. The van der Waals surface area contributed by atoms with E-state index in [0.717, 1.165) is 49.1 Å². The fourth-order valence-electron chi connectivity index (χ4n) is 5.85. The van der Waals surface area contributed by atoms with Gasteiger partial charge < -0.3 is 5.11 Å². The van der Waals surface area contributed by atoms with Gasteiger partial charge in [-0.1, -0.05) is 25.5 Å². The number of hydrogen-bond donors (Lipinski definition) is 2. The zero-order valence-corrected chi connectivity index (χ0v) is 22.6. The van der Waals surface area contributed by atoms with Crippen molar-refractivity contribution in [1.29, 1.82) is 5.26 Å². The van der Waals surface area contributed by atoms with E-state index in [-0.39, 0.29) is 22.9 Å². The highest BCUT2D eigenvalue weighted by atomic mass is 19.4. The minimum atomic E-state index is -4.63. The number of nitrogens with one attached hydrogen (secondary N) is 1. The van der Waals surface area contributed by atoms with Gasteiger partial charge in [0.25, 0.3) is 0 Å². The van der Waals surface area contributed by atoms with Gasteiger partial charge in [0, 0.05) is 17.9 Å². The molecule has 1 atom stereocenters. The van der Waals surface area contributed by atoms with E-state index < -0.39 is 29.4 Å². The molecule has 2 N–H and O–H groups in total. The van der Waals surface area contributed by atoms with Crippen molar-refractivity contribution in [2.24, 2.45) is 5.92 Å². The SMILES string of the molecule is CCC1CCN(Cc2cc(C#N)ccc2[C@@H]2C(C(=O)O)=C(C)N(c3cccc(C(F)(F)F)c3)c3n[nH]c(=O)n32)CC1. The number of carboxylic acids is 1. The van der Waals surface area contributed by atoms with Crippen LogP contribution in [0.25, 0.3) is 0 Å². The molecule has 41 heavy (non-hydrogen) atoms. The van der Waals surface area contributed by atoms with Gasteiger partial charge in [0.2, 0.25) is 5.95 Å². The molecule has 1 saturated heterocycles. The Morgan fingerprint density at radius 1 is 1.20 bits per heavy atom. The van der Waals surface area contributed by atoms with Gasteiger partial charge in [-0.25, -0.2) is 19.3 Å². The number of nitrogens with zero attached hydrogens (tertiary/aromatic N) is 5. The lowest BCUT2D eigenvalue weighted by Crippen LogP contribution is -2.38. The van der Waals surface area contributed by atoms with E-state index >= 15 is 0 Å². The molecule has 5 rings (SSSR count). The zero-order valence-electron chi connectivity index (χ0n) is 22.6. The number of allylic oxidation sites excluding steroid dienone is 1. The quantitative estimate of drug-likeness (QED) is 0.422. The number of alkyl halides is 3. The Morgan fingerprint density at radius 2 is 1.93 bits per heavy atom. The van der Waals surface area contributed by atoms with Crippen molar-refractivity contribution in [2.75, 3.05) is 18.0 Å². The molecule has 0 unspecified atom stereocenters. The molecule has 0 bridgehead atoms. The standard InChI is InChI=1S/C29H29F3N6O3/c1-3-18-9-11-36(12-10-18)16-20-13-19(15-33)7-8-23(20)25-24(26(39)40)17(2)37(27-34-35-28(41)38(25)27)22-6-4-5-21(14-22)29(30,31)32/h4-8,13-14,18,25H,3,9-12,16H2,1-2H3,(H,35,41)(H,39,40)/t25-/m1/s1. The molecule has 0 saturated carbocycles. The Labute approximate surface area is 234 Å². The van der Waals surface area contributed by atoms with E-state index in [1.165, 1.54) is 24.0 Å². The molecule has 0 radical (unpaired) electrons. The largest absolute Gasteiger partial charge is 0.478 e. The summed E-state index contributed by atoms with van der Waals surface area (Å²) in [5, 5.41) is 26.5. The molecule has 1 fully saturated rings. The van der Waals surface area contributed by atoms with Gasteiger partial charge in [-0.2, -0.15) is 18.4 Å². The van der Waals surface area contributed by atoms with Crippen molar-refractivity contribution in [3.8, 4) is 6.07 Å². The number of nitriles is 1. The number of halogens is 3. The average molecular weight is 567 g/mol. The lowest BCUT2D eigenvalue weighted by Gasteiger charge is -2.36. The van der Waals surface area contributed by atoms with Crippen LogP contribution < -0.4 is 10.6 Å². The van der Waals surface area contributed by atoms with E-state index in [4.69, 9.17) is 0 Å².